The van der Waals surface area contributed by atoms with Gasteiger partial charge in [0.15, 0.2) is 6.29 Å². The van der Waals surface area contributed by atoms with Crippen molar-refractivity contribution < 1.29 is 29.3 Å². The van der Waals surface area contributed by atoms with Crippen LogP contribution in [-0.2, 0) is 32.2 Å². The van der Waals surface area contributed by atoms with Gasteiger partial charge in [-0.15, -0.1) is 0 Å². The normalized spacial score (nSPS) is 19.3. The Balaban J connectivity index is 0.996. The van der Waals surface area contributed by atoms with Gasteiger partial charge in [-0.25, -0.2) is 4.79 Å². The molecule has 7 rings (SSSR count). The molecule has 56 heavy (non-hydrogen) atoms. The minimum absolute atomic E-state index is 0.00997. The predicted molar refractivity (Wildman–Crippen MR) is 215 cm³/mol. The largest absolute Gasteiger partial charge is 0.481 e. The predicted octanol–water partition coefficient (Wildman–Crippen LogP) is 7.41. The topological polar surface area (TPSA) is 146 Å². The SMILES string of the molecule is O=C(O)CCCCCCC(=O)NCc1ccccc1-c1ccc([C@H]2O[C@@H](CN3CCC(n4c(=O)[nH]c5ccccc54)CC3)C[C@@H](c3ccc(CO)cc3)O2)cc1. The van der Waals surface area contributed by atoms with Gasteiger partial charge < -0.3 is 34.9 Å². The van der Waals surface area contributed by atoms with Crippen LogP contribution in [0.4, 0.5) is 0 Å². The summed E-state index contributed by atoms with van der Waals surface area (Å²) in [5.41, 5.74) is 7.68. The number of para-hydroxylation sites is 2. The summed E-state index contributed by atoms with van der Waals surface area (Å²) in [4.78, 5) is 41.6. The van der Waals surface area contributed by atoms with E-state index in [9.17, 15) is 19.5 Å². The van der Waals surface area contributed by atoms with E-state index in [2.05, 4.69) is 45.5 Å². The maximum absolute atomic E-state index is 12.9. The van der Waals surface area contributed by atoms with Crippen LogP contribution < -0.4 is 11.0 Å². The lowest BCUT2D eigenvalue weighted by Gasteiger charge is -2.40. The molecule has 294 valence electrons. The zero-order chi connectivity index (χ0) is 38.9. The summed E-state index contributed by atoms with van der Waals surface area (Å²) in [6.07, 6.45) is 5.21. The van der Waals surface area contributed by atoms with Gasteiger partial charge in [0.1, 0.15) is 0 Å². The molecule has 4 N–H and O–H groups in total. The fourth-order valence-electron chi connectivity index (χ4n) is 8.09. The number of carboxylic acid groups (broad SMARTS) is 1. The second-order valence-electron chi connectivity index (χ2n) is 15.1. The maximum Gasteiger partial charge on any atom is 0.326 e. The Kier molecular flexibility index (Phi) is 13.1. The first kappa shape index (κ1) is 39.2. The molecule has 3 heterocycles. The fourth-order valence-corrected chi connectivity index (χ4v) is 8.09. The molecular formula is C45H52N4O7. The first-order chi connectivity index (χ1) is 27.3. The molecule has 0 bridgehead atoms. The van der Waals surface area contributed by atoms with Gasteiger partial charge in [-0.2, -0.15) is 0 Å². The van der Waals surface area contributed by atoms with Crippen molar-refractivity contribution in [2.24, 2.45) is 0 Å². The van der Waals surface area contributed by atoms with Crippen LogP contribution in [-0.4, -0.2) is 62.3 Å². The molecule has 0 radical (unpaired) electrons. The number of nitrogens with one attached hydrogen (secondary N) is 2. The summed E-state index contributed by atoms with van der Waals surface area (Å²) in [7, 11) is 0. The van der Waals surface area contributed by atoms with Crippen LogP contribution in [0.25, 0.3) is 22.2 Å². The first-order valence-corrected chi connectivity index (χ1v) is 19.9. The standard InChI is InChI=1S/C45H52N4O7/c50-30-31-15-17-33(18-16-31)41-27-37(29-48-25-23-36(24-26-48)49-40-12-8-7-11-39(40)47-45(49)54)55-44(56-41)34-21-19-32(20-22-34)38-10-6-5-9-35(38)28-46-42(51)13-3-1-2-4-14-43(52)53/h5-12,15-22,36-37,41,44,50H,1-4,13-14,23-30H2,(H,46,51)(H,47,54)(H,52,53)/t37-,41+,44+/m1/s1. The lowest BCUT2D eigenvalue weighted by Crippen LogP contribution is -2.43. The summed E-state index contributed by atoms with van der Waals surface area (Å²) in [6.45, 7) is 2.88. The van der Waals surface area contributed by atoms with Crippen molar-refractivity contribution in [2.75, 3.05) is 19.6 Å². The summed E-state index contributed by atoms with van der Waals surface area (Å²) in [5, 5.41) is 21.5. The number of aromatic nitrogens is 2. The molecule has 0 aliphatic carbocycles. The highest BCUT2D eigenvalue weighted by molar-refractivity contribution is 5.77. The highest BCUT2D eigenvalue weighted by Crippen LogP contribution is 2.39. The maximum atomic E-state index is 12.9. The van der Waals surface area contributed by atoms with Crippen molar-refractivity contribution in [1.82, 2.24) is 19.8 Å². The number of carbonyl (C=O) groups is 2. The smallest absolute Gasteiger partial charge is 0.326 e. The summed E-state index contributed by atoms with van der Waals surface area (Å²) in [6, 6.07) is 32.3. The Hall–Kier alpha value is -5.07. The number of hydrogen-bond acceptors (Lipinski definition) is 7. The molecule has 2 saturated heterocycles. The molecule has 2 fully saturated rings. The van der Waals surface area contributed by atoms with Gasteiger partial charge in [0.2, 0.25) is 5.91 Å². The Bertz CT molecular complexity index is 2120. The van der Waals surface area contributed by atoms with Crippen LogP contribution in [0.5, 0.6) is 0 Å². The van der Waals surface area contributed by atoms with Crippen molar-refractivity contribution >= 4 is 22.9 Å². The lowest BCUT2D eigenvalue weighted by atomic mass is 9.97. The van der Waals surface area contributed by atoms with Crippen molar-refractivity contribution in [2.45, 2.75) is 95.5 Å². The molecule has 11 heteroatoms. The molecule has 1 aromatic heterocycles. The molecule has 1 amide bonds. The lowest BCUT2D eigenvalue weighted by molar-refractivity contribution is -0.253. The average molecular weight is 761 g/mol. The zero-order valence-corrected chi connectivity index (χ0v) is 31.8. The number of H-pyrrole nitrogens is 1. The van der Waals surface area contributed by atoms with Gasteiger partial charge in [-0.05, 0) is 65.6 Å². The van der Waals surface area contributed by atoms with Gasteiger partial charge in [0, 0.05) is 57.0 Å². The Morgan fingerprint density at radius 1 is 0.804 bits per heavy atom. The third-order valence-electron chi connectivity index (χ3n) is 11.2. The minimum atomic E-state index is -0.780. The Morgan fingerprint density at radius 3 is 2.25 bits per heavy atom. The molecule has 0 saturated carbocycles. The fraction of sp³-hybridized carbons (Fsp3) is 0.400. The monoisotopic (exact) mass is 760 g/mol. The van der Waals surface area contributed by atoms with Gasteiger partial charge in [-0.3, -0.25) is 14.2 Å². The van der Waals surface area contributed by atoms with Crippen LogP contribution >= 0.6 is 0 Å². The number of rotatable bonds is 16. The van der Waals surface area contributed by atoms with Crippen LogP contribution in [0, 0.1) is 0 Å². The number of nitrogens with zero attached hydrogens (tertiary/aromatic N) is 2. The van der Waals surface area contributed by atoms with Crippen molar-refractivity contribution in [3.63, 3.8) is 0 Å². The number of fused-ring (bicyclic) bond motifs is 1. The highest BCUT2D eigenvalue weighted by Gasteiger charge is 2.34. The van der Waals surface area contributed by atoms with E-state index in [1.807, 2.05) is 71.3 Å². The number of carbonyl (C=O) groups excluding carboxylic acids is 1. The number of imidazole rings is 1. The summed E-state index contributed by atoms with van der Waals surface area (Å²) >= 11 is 0. The Morgan fingerprint density at radius 2 is 1.50 bits per heavy atom. The van der Waals surface area contributed by atoms with E-state index in [-0.39, 0.29) is 42.9 Å². The number of unbranched alkanes of at least 4 members (excludes halogenated alkanes) is 3. The number of benzene rings is 4. The van der Waals surface area contributed by atoms with E-state index in [0.717, 1.165) is 96.2 Å². The molecule has 2 aliphatic rings. The quantitative estimate of drug-likeness (QED) is 0.0761. The molecule has 5 aromatic rings. The number of amides is 1. The van der Waals surface area contributed by atoms with E-state index in [1.54, 1.807) is 0 Å². The third-order valence-corrected chi connectivity index (χ3v) is 11.2. The van der Waals surface area contributed by atoms with E-state index in [0.29, 0.717) is 25.8 Å². The molecule has 0 unspecified atom stereocenters. The number of aliphatic hydroxyl groups is 1. The van der Waals surface area contributed by atoms with Crippen LogP contribution in [0.3, 0.4) is 0 Å². The van der Waals surface area contributed by atoms with Crippen molar-refractivity contribution in [3.05, 3.63) is 130 Å². The van der Waals surface area contributed by atoms with Gasteiger partial charge in [0.05, 0.1) is 29.8 Å². The van der Waals surface area contributed by atoms with Crippen molar-refractivity contribution in [1.29, 1.82) is 0 Å². The van der Waals surface area contributed by atoms with Crippen LogP contribution in [0.1, 0.15) is 98.5 Å². The number of aromatic amines is 1. The molecule has 4 aromatic carbocycles. The van der Waals surface area contributed by atoms with Gasteiger partial charge in [0.25, 0.3) is 0 Å². The highest BCUT2D eigenvalue weighted by atomic mass is 16.7. The Labute approximate surface area is 327 Å². The van der Waals surface area contributed by atoms with Gasteiger partial charge in [-0.1, -0.05) is 97.8 Å². The van der Waals surface area contributed by atoms with E-state index in [1.165, 1.54) is 0 Å². The van der Waals surface area contributed by atoms with Gasteiger partial charge >= 0.3 is 11.7 Å². The third kappa shape index (κ3) is 9.83. The number of ether oxygens (including phenoxy) is 2. The van der Waals surface area contributed by atoms with E-state index >= 15 is 0 Å². The second-order valence-corrected chi connectivity index (χ2v) is 15.1. The van der Waals surface area contributed by atoms with Crippen LogP contribution in [0.15, 0.2) is 102 Å². The van der Waals surface area contributed by atoms with Crippen LogP contribution in [0.2, 0.25) is 0 Å². The van der Waals surface area contributed by atoms with Crippen molar-refractivity contribution in [3.8, 4) is 11.1 Å². The average Bonchev–Trinajstić information content (AvgIpc) is 3.57. The summed E-state index contributed by atoms with van der Waals surface area (Å²) < 4.78 is 15.3. The summed E-state index contributed by atoms with van der Waals surface area (Å²) in [5.74, 6) is -0.790. The van der Waals surface area contributed by atoms with E-state index < -0.39 is 12.3 Å². The zero-order valence-electron chi connectivity index (χ0n) is 31.8. The van der Waals surface area contributed by atoms with E-state index in [4.69, 9.17) is 14.6 Å². The number of aliphatic carboxylic acids is 1. The number of aliphatic hydroxyl groups excluding tert-OH is 1. The number of piperidine rings is 1. The number of hydrogen-bond donors (Lipinski definition) is 4. The number of carboxylic acids is 1. The number of likely N-dealkylation sites (tertiary alicyclic amines) is 1. The minimum Gasteiger partial charge on any atom is -0.481 e. The molecular weight excluding hydrogens is 709 g/mol. The molecule has 0 spiro atoms. The second kappa shape index (κ2) is 18.7. The first-order valence-electron chi connectivity index (χ1n) is 19.9. The molecule has 11 nitrogen and oxygen atoms in total. The molecule has 2 aliphatic heterocycles. The molecule has 3 atom stereocenters.